The van der Waals surface area contributed by atoms with Crippen LogP contribution in [0.2, 0.25) is 0 Å². The van der Waals surface area contributed by atoms with Gasteiger partial charge in [-0.2, -0.15) is 0 Å². The van der Waals surface area contributed by atoms with Gasteiger partial charge in [-0.3, -0.25) is 0 Å². The molecule has 0 saturated carbocycles. The Morgan fingerprint density at radius 3 is 2.75 bits per heavy atom. The van der Waals surface area contributed by atoms with E-state index in [2.05, 4.69) is 4.72 Å². The van der Waals surface area contributed by atoms with Gasteiger partial charge in [-0.1, -0.05) is 12.1 Å². The van der Waals surface area contributed by atoms with Gasteiger partial charge in [-0.05, 0) is 38.1 Å². The number of benzene rings is 1. The smallest absolute Gasteiger partial charge is 0.415 e. The number of hydrogen-bond acceptors (Lipinski definition) is 7. The Hall–Kier alpha value is -0.870. The molecule has 158 valence electrons. The largest absolute Gasteiger partial charge is 0.597 e. The highest BCUT2D eigenvalue weighted by atomic mass is 32.5. The van der Waals surface area contributed by atoms with Crippen molar-refractivity contribution in [1.29, 1.82) is 0 Å². The first-order valence-electron chi connectivity index (χ1n) is 8.74. The second kappa shape index (κ2) is 9.75. The predicted octanol–water partition coefficient (Wildman–Crippen LogP) is 3.09. The summed E-state index contributed by atoms with van der Waals surface area (Å²) in [5, 5.41) is 9.64. The molecule has 1 aromatic carbocycles. The van der Waals surface area contributed by atoms with Crippen molar-refractivity contribution in [3.05, 3.63) is 23.8 Å². The number of fused-ring (bicyclic) bond motifs is 1. The van der Waals surface area contributed by atoms with E-state index in [1.165, 1.54) is 14.2 Å². The molecule has 28 heavy (non-hydrogen) atoms. The fraction of sp³-hybridized carbons (Fsp3) is 0.588. The van der Waals surface area contributed by atoms with Crippen molar-refractivity contribution in [3.63, 3.8) is 0 Å². The highest BCUT2D eigenvalue weighted by molar-refractivity contribution is 8.09. The maximum atomic E-state index is 12.4. The monoisotopic (exact) mass is 450 g/mol. The van der Waals surface area contributed by atoms with Crippen molar-refractivity contribution in [1.82, 2.24) is 4.72 Å². The standard InChI is InChI=1S/C17H27N2O6PS2/c1-17(2)11-13-7-5-8-14(15(13)25-17)19(16(20)21)12-28(22)18-9-6-10-26(27,23-3)24-4/h5,7-8,18H,6,9-12H2,1-4H3,(H,20,21). The summed E-state index contributed by atoms with van der Waals surface area (Å²) in [7, 11) is 3.03. The molecule has 0 aromatic heterocycles. The van der Waals surface area contributed by atoms with Crippen molar-refractivity contribution >= 4 is 41.4 Å². The normalized spacial score (nSPS) is 16.3. The molecule has 1 aromatic rings. The average molecular weight is 451 g/mol. The first-order valence-corrected chi connectivity index (χ1v) is 12.9. The number of carbonyl (C=O) groups is 1. The molecule has 11 heteroatoms. The van der Waals surface area contributed by atoms with Gasteiger partial charge in [-0.25, -0.2) is 9.69 Å². The van der Waals surface area contributed by atoms with E-state index < -0.39 is 29.5 Å². The summed E-state index contributed by atoms with van der Waals surface area (Å²) < 4.78 is 31.6. The zero-order valence-corrected chi connectivity index (χ0v) is 19.0. The molecule has 1 amide bonds. The van der Waals surface area contributed by atoms with Gasteiger partial charge in [0.25, 0.3) is 0 Å². The predicted molar refractivity (Wildman–Crippen MR) is 114 cm³/mol. The van der Waals surface area contributed by atoms with E-state index in [9.17, 15) is 14.5 Å². The Bertz CT molecular complexity index is 740. The van der Waals surface area contributed by atoms with E-state index in [1.54, 1.807) is 12.1 Å². The van der Waals surface area contributed by atoms with E-state index in [4.69, 9.17) is 25.6 Å². The van der Waals surface area contributed by atoms with Crippen molar-refractivity contribution in [3.8, 4) is 5.75 Å². The number of para-hydroxylation sites is 1. The van der Waals surface area contributed by atoms with Crippen LogP contribution in [-0.2, 0) is 38.6 Å². The summed E-state index contributed by atoms with van der Waals surface area (Å²) >= 11 is 3.70. The van der Waals surface area contributed by atoms with Crippen LogP contribution in [0.5, 0.6) is 5.75 Å². The molecule has 0 radical (unpaired) electrons. The Kier molecular flexibility index (Phi) is 8.16. The molecule has 1 aliphatic heterocycles. The highest BCUT2D eigenvalue weighted by Gasteiger charge is 2.35. The van der Waals surface area contributed by atoms with Crippen molar-refractivity contribution in [2.24, 2.45) is 0 Å². The number of nitrogens with zero attached hydrogens (tertiary/aromatic N) is 1. The summed E-state index contributed by atoms with van der Waals surface area (Å²) in [6.07, 6.45) is 0.648. The Labute approximate surface area is 174 Å². The van der Waals surface area contributed by atoms with Gasteiger partial charge in [0.15, 0.2) is 6.49 Å². The third-order valence-corrected chi connectivity index (χ3v) is 8.70. The lowest BCUT2D eigenvalue weighted by molar-refractivity contribution is 0.138. The minimum absolute atomic E-state index is 0.210. The molecule has 0 bridgehead atoms. The quantitative estimate of drug-likeness (QED) is 0.318. The maximum absolute atomic E-state index is 12.4. The summed E-state index contributed by atoms with van der Waals surface area (Å²) in [5.41, 5.74) is 0.945. The Morgan fingerprint density at radius 2 is 2.14 bits per heavy atom. The third-order valence-electron chi connectivity index (χ3n) is 4.27. The van der Waals surface area contributed by atoms with Gasteiger partial charge in [0, 0.05) is 38.9 Å². The molecule has 0 fully saturated rings. The number of carboxylic acid groups (broad SMARTS) is 1. The van der Waals surface area contributed by atoms with E-state index in [-0.39, 0.29) is 5.88 Å². The number of rotatable bonds is 10. The highest BCUT2D eigenvalue weighted by Crippen LogP contribution is 2.47. The number of anilines is 1. The minimum Gasteiger partial charge on any atom is -0.597 e. The van der Waals surface area contributed by atoms with E-state index in [0.29, 0.717) is 37.0 Å². The number of nitrogens with one attached hydrogen (secondary N) is 1. The lowest BCUT2D eigenvalue weighted by Gasteiger charge is -2.24. The van der Waals surface area contributed by atoms with Gasteiger partial charge in [0.05, 0.1) is 17.0 Å². The van der Waals surface area contributed by atoms with Crippen LogP contribution < -0.4 is 14.4 Å². The Balaban J connectivity index is 1.99. The molecule has 8 nitrogen and oxygen atoms in total. The molecule has 1 atom stereocenters. The molecule has 0 spiro atoms. The van der Waals surface area contributed by atoms with E-state index in [1.807, 2.05) is 19.9 Å². The van der Waals surface area contributed by atoms with Crippen molar-refractivity contribution in [2.45, 2.75) is 32.3 Å². The lowest BCUT2D eigenvalue weighted by Crippen LogP contribution is -2.40. The molecule has 1 aliphatic rings. The Morgan fingerprint density at radius 1 is 1.46 bits per heavy atom. The first-order chi connectivity index (χ1) is 13.1. The number of hydrogen-bond donors (Lipinski definition) is 2. The van der Waals surface area contributed by atoms with Gasteiger partial charge >= 0.3 is 6.09 Å². The second-order valence-electron chi connectivity index (χ2n) is 6.94. The van der Waals surface area contributed by atoms with Gasteiger partial charge in [-0.15, -0.1) is 4.72 Å². The second-order valence-corrected chi connectivity index (χ2v) is 12.2. The molecule has 1 unspecified atom stereocenters. The topological polar surface area (TPSA) is 103 Å². The van der Waals surface area contributed by atoms with E-state index in [0.717, 1.165) is 10.5 Å². The molecule has 2 rings (SSSR count). The number of amides is 1. The van der Waals surface area contributed by atoms with E-state index >= 15 is 0 Å². The number of ether oxygens (including phenoxy) is 1. The van der Waals surface area contributed by atoms with Gasteiger partial charge < -0.3 is 23.4 Å². The van der Waals surface area contributed by atoms with Crippen LogP contribution in [0.3, 0.4) is 0 Å². The zero-order valence-electron chi connectivity index (χ0n) is 16.5. The summed E-state index contributed by atoms with van der Waals surface area (Å²) in [6, 6.07) is 5.37. The molecular weight excluding hydrogens is 423 g/mol. The molecular formula is C17H27N2O6PS2. The lowest BCUT2D eigenvalue weighted by atomic mass is 10.0. The van der Waals surface area contributed by atoms with Gasteiger partial charge in [0.2, 0.25) is 5.88 Å². The third kappa shape index (κ3) is 6.06. The minimum atomic E-state index is -2.28. The molecule has 1 heterocycles. The SMILES string of the molecule is COP(=S)(CCCN[S+]([O-])CN(C(=O)O)c1cccc2c1OC(C)(C)C2)OC. The summed E-state index contributed by atoms with van der Waals surface area (Å²) in [6.45, 7) is 2.02. The van der Waals surface area contributed by atoms with Crippen LogP contribution in [0.15, 0.2) is 18.2 Å². The van der Waals surface area contributed by atoms with Crippen LogP contribution in [0.4, 0.5) is 10.5 Å². The molecule has 0 saturated heterocycles. The fourth-order valence-corrected chi connectivity index (χ4v) is 5.31. The maximum Gasteiger partial charge on any atom is 0.415 e. The summed E-state index contributed by atoms with van der Waals surface area (Å²) in [5.74, 6) is 0.325. The molecule has 2 N–H and O–H groups in total. The van der Waals surface area contributed by atoms with Gasteiger partial charge in [0.1, 0.15) is 11.4 Å². The fourth-order valence-electron chi connectivity index (χ4n) is 2.92. The zero-order chi connectivity index (χ0) is 20.9. The van der Waals surface area contributed by atoms with Crippen LogP contribution >= 0.6 is 6.49 Å². The van der Waals surface area contributed by atoms with Crippen molar-refractivity contribution in [2.75, 3.05) is 37.7 Å². The van der Waals surface area contributed by atoms with Crippen molar-refractivity contribution < 1.29 is 28.2 Å². The summed E-state index contributed by atoms with van der Waals surface area (Å²) in [4.78, 5) is 12.9. The van der Waals surface area contributed by atoms with Crippen LogP contribution in [0.1, 0.15) is 25.8 Å². The van der Waals surface area contributed by atoms with Crippen LogP contribution in [-0.4, -0.2) is 54.2 Å². The molecule has 0 aliphatic carbocycles. The average Bonchev–Trinajstić information content (AvgIpc) is 2.96. The van der Waals surface area contributed by atoms with Crippen LogP contribution in [0.25, 0.3) is 0 Å². The first kappa shape index (κ1) is 23.4. The van der Waals surface area contributed by atoms with Crippen LogP contribution in [0, 0.1) is 0 Å².